The highest BCUT2D eigenvalue weighted by Gasteiger charge is 2.33. The van der Waals surface area contributed by atoms with Crippen LogP contribution in [-0.2, 0) is 33.8 Å². The highest BCUT2D eigenvalue weighted by Crippen LogP contribution is 2.24. The topological polar surface area (TPSA) is 49.9 Å². The first-order valence-electron chi connectivity index (χ1n) is 9.27. The Balaban J connectivity index is 1.68. The van der Waals surface area contributed by atoms with E-state index in [2.05, 4.69) is 18.2 Å². The molecule has 1 atom stereocenters. The Labute approximate surface area is 170 Å². The van der Waals surface area contributed by atoms with E-state index in [0.717, 1.165) is 16.7 Å². The van der Waals surface area contributed by atoms with E-state index in [1.54, 1.807) is 23.7 Å². The lowest BCUT2D eigenvalue weighted by molar-refractivity contribution is -0.149. The van der Waals surface area contributed by atoms with Crippen LogP contribution in [0.4, 0.5) is 0 Å². The number of fused-ring (bicyclic) bond motifs is 1. The Morgan fingerprint density at radius 3 is 2.46 bits per heavy atom. The molecular formula is C22H26N2O3S. The zero-order valence-electron chi connectivity index (χ0n) is 16.6. The summed E-state index contributed by atoms with van der Waals surface area (Å²) in [7, 11) is 3.20. The van der Waals surface area contributed by atoms with Gasteiger partial charge in [-0.3, -0.25) is 14.5 Å². The number of carbonyl (C=O) groups excluding carboxylic acids is 2. The van der Waals surface area contributed by atoms with Gasteiger partial charge in [0.15, 0.2) is 0 Å². The molecule has 0 N–H and O–H groups in total. The Hall–Kier alpha value is -2.31. The van der Waals surface area contributed by atoms with E-state index in [9.17, 15) is 9.59 Å². The number of methoxy groups -OCH3 is 1. The summed E-state index contributed by atoms with van der Waals surface area (Å²) in [5, 5.41) is 0. The number of benzene rings is 2. The Bertz CT molecular complexity index is 838. The van der Waals surface area contributed by atoms with Gasteiger partial charge in [0.1, 0.15) is 6.04 Å². The molecule has 6 heteroatoms. The van der Waals surface area contributed by atoms with Crippen molar-refractivity contribution in [2.24, 2.45) is 0 Å². The average molecular weight is 399 g/mol. The Morgan fingerprint density at radius 2 is 1.82 bits per heavy atom. The van der Waals surface area contributed by atoms with E-state index >= 15 is 0 Å². The lowest BCUT2D eigenvalue weighted by Crippen LogP contribution is -2.50. The van der Waals surface area contributed by atoms with E-state index in [-0.39, 0.29) is 18.4 Å². The number of amides is 1. The third-order valence-corrected chi connectivity index (χ3v) is 5.91. The van der Waals surface area contributed by atoms with Gasteiger partial charge in [-0.05, 0) is 41.5 Å². The van der Waals surface area contributed by atoms with Crippen molar-refractivity contribution in [2.75, 3.05) is 27.0 Å². The third-order valence-electron chi connectivity index (χ3n) is 5.16. The fraction of sp³-hybridized carbons (Fsp3) is 0.364. The van der Waals surface area contributed by atoms with Gasteiger partial charge in [-0.2, -0.15) is 0 Å². The molecule has 1 heterocycles. The number of likely N-dealkylation sites (N-methyl/N-ethyl adjacent to an activating group) is 1. The number of thioether (sulfide) groups is 1. The summed E-state index contributed by atoms with van der Waals surface area (Å²) < 4.78 is 4.99. The lowest BCUT2D eigenvalue weighted by atomic mass is 9.94. The van der Waals surface area contributed by atoms with Crippen LogP contribution < -0.4 is 0 Å². The molecule has 148 valence electrons. The Kier molecular flexibility index (Phi) is 6.75. The molecule has 2 aromatic rings. The molecule has 5 nitrogen and oxygen atoms in total. The molecule has 1 aliphatic rings. The maximum absolute atomic E-state index is 12.8. The predicted octanol–water partition coefficient (Wildman–Crippen LogP) is 2.97. The van der Waals surface area contributed by atoms with Crippen LogP contribution >= 0.6 is 11.8 Å². The second-order valence-electron chi connectivity index (χ2n) is 7.01. The van der Waals surface area contributed by atoms with Gasteiger partial charge in [-0.15, -0.1) is 11.8 Å². The van der Waals surface area contributed by atoms with E-state index in [1.807, 2.05) is 41.5 Å². The summed E-state index contributed by atoms with van der Waals surface area (Å²) in [6.45, 7) is 1.30. The molecule has 1 amide bonds. The molecule has 0 fully saturated rings. The molecule has 2 aromatic carbocycles. The predicted molar refractivity (Wildman–Crippen MR) is 111 cm³/mol. The van der Waals surface area contributed by atoms with Crippen molar-refractivity contribution in [1.29, 1.82) is 0 Å². The van der Waals surface area contributed by atoms with Crippen LogP contribution in [0.3, 0.4) is 0 Å². The molecule has 0 aromatic heterocycles. The molecule has 0 radical (unpaired) electrons. The van der Waals surface area contributed by atoms with E-state index < -0.39 is 6.04 Å². The van der Waals surface area contributed by atoms with Crippen molar-refractivity contribution in [3.05, 3.63) is 65.2 Å². The first-order chi connectivity index (χ1) is 13.5. The van der Waals surface area contributed by atoms with Crippen molar-refractivity contribution in [2.45, 2.75) is 30.4 Å². The summed E-state index contributed by atoms with van der Waals surface area (Å²) >= 11 is 1.69. The molecular weight excluding hydrogens is 372 g/mol. The maximum atomic E-state index is 12.8. The Morgan fingerprint density at radius 1 is 1.14 bits per heavy atom. The minimum Gasteiger partial charge on any atom is -0.468 e. The highest BCUT2D eigenvalue weighted by atomic mass is 32.2. The first kappa shape index (κ1) is 20.4. The number of rotatable bonds is 6. The standard InChI is InChI=1S/C22H26N2O3S/c1-23(13-16-8-10-19(28-3)11-9-16)21(25)15-24-14-18-7-5-4-6-17(18)12-20(24)22(26)27-2/h4-11,20H,12-15H2,1-3H3/t20-/m0/s1. The minimum absolute atomic E-state index is 0.0118. The maximum Gasteiger partial charge on any atom is 0.323 e. The number of hydrogen-bond acceptors (Lipinski definition) is 5. The van der Waals surface area contributed by atoms with Crippen molar-refractivity contribution < 1.29 is 14.3 Å². The normalized spacial score (nSPS) is 16.3. The van der Waals surface area contributed by atoms with Crippen molar-refractivity contribution in [3.8, 4) is 0 Å². The number of ether oxygens (including phenoxy) is 1. The number of carbonyl (C=O) groups is 2. The molecule has 0 saturated heterocycles. The van der Waals surface area contributed by atoms with Crippen LogP contribution in [0.1, 0.15) is 16.7 Å². The van der Waals surface area contributed by atoms with Crippen LogP contribution in [0.15, 0.2) is 53.4 Å². The lowest BCUT2D eigenvalue weighted by Gasteiger charge is -2.35. The number of esters is 1. The molecule has 0 aliphatic carbocycles. The second-order valence-corrected chi connectivity index (χ2v) is 7.89. The SMILES string of the molecule is COC(=O)[C@@H]1Cc2ccccc2CN1CC(=O)N(C)Cc1ccc(SC)cc1. The molecule has 0 bridgehead atoms. The van der Waals surface area contributed by atoms with Crippen LogP contribution in [-0.4, -0.2) is 54.7 Å². The number of hydrogen-bond donors (Lipinski definition) is 0. The van der Waals surface area contributed by atoms with E-state index in [0.29, 0.717) is 19.5 Å². The zero-order valence-corrected chi connectivity index (χ0v) is 17.4. The van der Waals surface area contributed by atoms with Crippen LogP contribution in [0.2, 0.25) is 0 Å². The third kappa shape index (κ3) is 4.75. The van der Waals surface area contributed by atoms with Gasteiger partial charge < -0.3 is 9.64 Å². The molecule has 0 spiro atoms. The highest BCUT2D eigenvalue weighted by molar-refractivity contribution is 7.98. The van der Waals surface area contributed by atoms with Crippen molar-refractivity contribution >= 4 is 23.6 Å². The zero-order chi connectivity index (χ0) is 20.1. The monoisotopic (exact) mass is 398 g/mol. The smallest absolute Gasteiger partial charge is 0.323 e. The summed E-state index contributed by atoms with van der Waals surface area (Å²) in [4.78, 5) is 30.0. The van der Waals surface area contributed by atoms with E-state index in [4.69, 9.17) is 4.74 Å². The summed E-state index contributed by atoms with van der Waals surface area (Å²) in [5.41, 5.74) is 3.39. The summed E-state index contributed by atoms with van der Waals surface area (Å²) in [6.07, 6.45) is 2.61. The summed E-state index contributed by atoms with van der Waals surface area (Å²) in [5.74, 6) is -0.306. The van der Waals surface area contributed by atoms with Gasteiger partial charge in [0, 0.05) is 25.0 Å². The van der Waals surface area contributed by atoms with Gasteiger partial charge in [-0.25, -0.2) is 0 Å². The second kappa shape index (κ2) is 9.26. The largest absolute Gasteiger partial charge is 0.468 e. The van der Waals surface area contributed by atoms with Crippen molar-refractivity contribution in [1.82, 2.24) is 9.80 Å². The molecule has 1 aliphatic heterocycles. The van der Waals surface area contributed by atoms with Gasteiger partial charge in [0.05, 0.1) is 13.7 Å². The van der Waals surface area contributed by atoms with Crippen LogP contribution in [0, 0.1) is 0 Å². The molecule has 0 saturated carbocycles. The van der Waals surface area contributed by atoms with Gasteiger partial charge in [-0.1, -0.05) is 36.4 Å². The minimum atomic E-state index is -0.432. The van der Waals surface area contributed by atoms with Gasteiger partial charge in [0.2, 0.25) is 5.91 Å². The van der Waals surface area contributed by atoms with Crippen molar-refractivity contribution in [3.63, 3.8) is 0 Å². The molecule has 0 unspecified atom stereocenters. The molecule has 3 rings (SSSR count). The summed E-state index contributed by atoms with van der Waals surface area (Å²) in [6, 6.07) is 15.8. The van der Waals surface area contributed by atoms with Gasteiger partial charge >= 0.3 is 5.97 Å². The van der Waals surface area contributed by atoms with Crippen LogP contribution in [0.25, 0.3) is 0 Å². The fourth-order valence-electron chi connectivity index (χ4n) is 3.50. The number of nitrogens with zero attached hydrogens (tertiary/aromatic N) is 2. The quantitative estimate of drug-likeness (QED) is 0.553. The average Bonchev–Trinajstić information content (AvgIpc) is 2.73. The van der Waals surface area contributed by atoms with Crippen LogP contribution in [0.5, 0.6) is 0 Å². The molecule has 28 heavy (non-hydrogen) atoms. The van der Waals surface area contributed by atoms with Gasteiger partial charge in [0.25, 0.3) is 0 Å². The van der Waals surface area contributed by atoms with E-state index in [1.165, 1.54) is 12.0 Å². The fourth-order valence-corrected chi connectivity index (χ4v) is 3.91. The first-order valence-corrected chi connectivity index (χ1v) is 10.5.